The highest BCUT2D eigenvalue weighted by Crippen LogP contribution is 2.37. The molecule has 0 bridgehead atoms. The minimum Gasteiger partial charge on any atom is -0.399 e. The van der Waals surface area contributed by atoms with Crippen LogP contribution in [0.15, 0.2) is 79.9 Å². The summed E-state index contributed by atoms with van der Waals surface area (Å²) < 4.78 is 14.8. The van der Waals surface area contributed by atoms with Gasteiger partial charge < -0.3 is 21.4 Å². The molecule has 0 amide bonds. The molecule has 35 heavy (non-hydrogen) atoms. The van der Waals surface area contributed by atoms with Gasteiger partial charge in [0.1, 0.15) is 5.82 Å². The van der Waals surface area contributed by atoms with Crippen LogP contribution < -0.4 is 16.5 Å². The van der Waals surface area contributed by atoms with Gasteiger partial charge in [0.15, 0.2) is 0 Å². The van der Waals surface area contributed by atoms with Crippen LogP contribution in [-0.2, 0) is 12.0 Å². The van der Waals surface area contributed by atoms with Crippen LogP contribution in [0.25, 0.3) is 11.4 Å². The van der Waals surface area contributed by atoms with Gasteiger partial charge in [-0.15, -0.1) is 0 Å². The lowest BCUT2D eigenvalue weighted by atomic mass is 9.76. The van der Waals surface area contributed by atoms with Gasteiger partial charge in [-0.3, -0.25) is 0 Å². The summed E-state index contributed by atoms with van der Waals surface area (Å²) in [5.41, 5.74) is 16.2. The van der Waals surface area contributed by atoms with Crippen LogP contribution in [0.5, 0.6) is 0 Å². The monoisotopic (exact) mass is 471 g/mol. The molecule has 1 saturated heterocycles. The summed E-state index contributed by atoms with van der Waals surface area (Å²) >= 11 is 0. The van der Waals surface area contributed by atoms with Gasteiger partial charge in [-0.25, -0.2) is 9.40 Å². The van der Waals surface area contributed by atoms with Crippen molar-refractivity contribution in [1.29, 1.82) is 0 Å². The topological polar surface area (TPSA) is 56.6 Å². The number of hydrogen-bond acceptors (Lipinski definition) is 5. The number of hydrogen-bond donors (Lipinski definition) is 3. The number of anilines is 2. The third-order valence-corrected chi connectivity index (χ3v) is 6.60. The van der Waals surface area contributed by atoms with E-state index in [4.69, 9.17) is 5.73 Å². The van der Waals surface area contributed by atoms with Gasteiger partial charge in [-0.05, 0) is 29.3 Å². The maximum absolute atomic E-state index is 14.8. The third-order valence-electron chi connectivity index (χ3n) is 6.60. The number of nitrogens with zero attached hydrogens (tertiary/aromatic N) is 2. The van der Waals surface area contributed by atoms with E-state index in [0.29, 0.717) is 12.2 Å². The van der Waals surface area contributed by atoms with Crippen molar-refractivity contribution in [2.75, 3.05) is 37.9 Å². The van der Waals surface area contributed by atoms with E-state index in [1.165, 1.54) is 5.56 Å². The first kappa shape index (κ1) is 24.4. The van der Waals surface area contributed by atoms with E-state index in [9.17, 15) is 4.39 Å². The molecule has 0 aliphatic carbocycles. The summed E-state index contributed by atoms with van der Waals surface area (Å²) in [6.45, 7) is 12.4. The molecule has 0 aromatic heterocycles. The van der Waals surface area contributed by atoms with Crippen LogP contribution in [0, 0.1) is 5.82 Å². The standard InChI is InChI=1S/C29H34FN5/c1-20(31)25-13-9-10-14-27(25)32-17-22-15-24(30)16-26(21(2)34(4)5)28(22)33-35-18-29(3,19-35)23-11-7-6-8-12-23/h6-16,32-33H,1-2,17-19,31H2,3-5H3. The maximum Gasteiger partial charge on any atom is 0.124 e. The molecule has 3 aromatic carbocycles. The van der Waals surface area contributed by atoms with E-state index in [0.717, 1.165) is 46.9 Å². The van der Waals surface area contributed by atoms with Gasteiger partial charge in [-0.1, -0.05) is 68.6 Å². The molecule has 0 radical (unpaired) electrons. The molecule has 3 aromatic rings. The average Bonchev–Trinajstić information content (AvgIpc) is 2.82. The van der Waals surface area contributed by atoms with Crippen LogP contribution in [0.2, 0.25) is 0 Å². The Kier molecular flexibility index (Phi) is 6.85. The highest BCUT2D eigenvalue weighted by Gasteiger charge is 2.40. The molecule has 182 valence electrons. The minimum absolute atomic E-state index is 0.0614. The molecule has 4 N–H and O–H groups in total. The first-order valence-electron chi connectivity index (χ1n) is 11.7. The SMILES string of the molecule is C=C(N)c1ccccc1NCc1cc(F)cc(C(=C)N(C)C)c1NN1CC(C)(c2ccccc2)C1. The number of nitrogens with two attached hydrogens (primary N) is 1. The summed E-state index contributed by atoms with van der Waals surface area (Å²) in [6, 6.07) is 21.4. The molecule has 6 heteroatoms. The van der Waals surface area contributed by atoms with Crippen molar-refractivity contribution in [2.45, 2.75) is 18.9 Å². The largest absolute Gasteiger partial charge is 0.399 e. The summed E-state index contributed by atoms with van der Waals surface area (Å²) in [6.07, 6.45) is 0. The van der Waals surface area contributed by atoms with Gasteiger partial charge in [0.25, 0.3) is 0 Å². The van der Waals surface area contributed by atoms with Crippen LogP contribution in [0.1, 0.15) is 29.2 Å². The van der Waals surface area contributed by atoms with Gasteiger partial charge in [0.2, 0.25) is 0 Å². The Bertz CT molecular complexity index is 1230. The van der Waals surface area contributed by atoms with E-state index in [1.54, 1.807) is 12.1 Å². The Morgan fingerprint density at radius 1 is 1.03 bits per heavy atom. The summed E-state index contributed by atoms with van der Waals surface area (Å²) in [7, 11) is 3.82. The quantitative estimate of drug-likeness (QED) is 0.385. The average molecular weight is 472 g/mol. The van der Waals surface area contributed by atoms with E-state index in [1.807, 2.05) is 49.3 Å². The molecule has 4 rings (SSSR count). The Morgan fingerprint density at radius 2 is 1.69 bits per heavy atom. The van der Waals surface area contributed by atoms with Gasteiger partial charge in [0.05, 0.1) is 5.69 Å². The van der Waals surface area contributed by atoms with Crippen molar-refractivity contribution in [3.63, 3.8) is 0 Å². The Morgan fingerprint density at radius 3 is 2.34 bits per heavy atom. The molecule has 0 saturated carbocycles. The maximum atomic E-state index is 14.8. The first-order chi connectivity index (χ1) is 16.7. The summed E-state index contributed by atoms with van der Waals surface area (Å²) in [5, 5.41) is 5.59. The van der Waals surface area contributed by atoms with Crippen molar-refractivity contribution < 1.29 is 4.39 Å². The Labute approximate surface area is 207 Å². The lowest BCUT2D eigenvalue weighted by Gasteiger charge is -2.49. The molecule has 0 atom stereocenters. The lowest BCUT2D eigenvalue weighted by Crippen LogP contribution is -2.59. The lowest BCUT2D eigenvalue weighted by molar-refractivity contribution is 0.107. The van der Waals surface area contributed by atoms with Crippen molar-refractivity contribution >= 4 is 22.8 Å². The second-order valence-corrected chi connectivity index (χ2v) is 9.65. The number of halogens is 1. The number of nitrogens with one attached hydrogen (secondary N) is 2. The normalized spacial score (nSPS) is 14.6. The molecular formula is C29H34FN5. The zero-order chi connectivity index (χ0) is 25.2. The molecule has 5 nitrogen and oxygen atoms in total. The van der Waals surface area contributed by atoms with Gasteiger partial charge in [0, 0.05) is 67.4 Å². The zero-order valence-electron chi connectivity index (χ0n) is 20.7. The number of benzene rings is 3. The molecule has 0 spiro atoms. The minimum atomic E-state index is -0.306. The van der Waals surface area contributed by atoms with E-state index >= 15 is 0 Å². The Hall–Kier alpha value is -3.77. The van der Waals surface area contributed by atoms with E-state index in [2.05, 4.69) is 60.1 Å². The molecule has 1 fully saturated rings. The van der Waals surface area contributed by atoms with Crippen molar-refractivity contribution in [3.05, 3.63) is 108 Å². The van der Waals surface area contributed by atoms with Crippen LogP contribution in [-0.4, -0.2) is 37.1 Å². The number of rotatable bonds is 9. The van der Waals surface area contributed by atoms with Crippen LogP contribution in [0.4, 0.5) is 15.8 Å². The summed E-state index contributed by atoms with van der Waals surface area (Å²) in [5.74, 6) is -0.306. The van der Waals surface area contributed by atoms with E-state index < -0.39 is 0 Å². The van der Waals surface area contributed by atoms with Crippen molar-refractivity contribution in [2.24, 2.45) is 5.73 Å². The smallest absolute Gasteiger partial charge is 0.124 e. The van der Waals surface area contributed by atoms with Crippen LogP contribution in [0.3, 0.4) is 0 Å². The fourth-order valence-corrected chi connectivity index (χ4v) is 4.57. The fraction of sp³-hybridized carbons (Fsp3) is 0.241. The van der Waals surface area contributed by atoms with Gasteiger partial charge in [-0.2, -0.15) is 0 Å². The van der Waals surface area contributed by atoms with Crippen LogP contribution >= 0.6 is 0 Å². The second-order valence-electron chi connectivity index (χ2n) is 9.65. The Balaban J connectivity index is 1.62. The fourth-order valence-electron chi connectivity index (χ4n) is 4.57. The van der Waals surface area contributed by atoms with Gasteiger partial charge >= 0.3 is 0 Å². The zero-order valence-corrected chi connectivity index (χ0v) is 20.7. The third kappa shape index (κ3) is 5.17. The molecule has 1 aliphatic heterocycles. The predicted octanol–water partition coefficient (Wildman–Crippen LogP) is 5.50. The van der Waals surface area contributed by atoms with E-state index in [-0.39, 0.29) is 11.2 Å². The number of para-hydroxylation sites is 1. The molecule has 1 heterocycles. The highest BCUT2D eigenvalue weighted by molar-refractivity contribution is 5.77. The molecular weight excluding hydrogens is 437 g/mol. The predicted molar refractivity (Wildman–Crippen MR) is 145 cm³/mol. The second kappa shape index (κ2) is 9.84. The molecule has 0 unspecified atom stereocenters. The number of hydrazine groups is 1. The van der Waals surface area contributed by atoms with Crippen molar-refractivity contribution in [1.82, 2.24) is 9.91 Å². The molecule has 1 aliphatic rings. The summed E-state index contributed by atoms with van der Waals surface area (Å²) in [4.78, 5) is 1.90. The first-order valence-corrected chi connectivity index (χ1v) is 11.7. The van der Waals surface area contributed by atoms with Crippen molar-refractivity contribution in [3.8, 4) is 0 Å². The highest BCUT2D eigenvalue weighted by atomic mass is 19.1.